The molecule has 1 aromatic carbocycles. The molecule has 2 heterocycles. The molecule has 1 amide bonds. The van der Waals surface area contributed by atoms with Crippen molar-refractivity contribution in [1.29, 1.82) is 0 Å². The molecule has 21 heavy (non-hydrogen) atoms. The van der Waals surface area contributed by atoms with E-state index < -0.39 is 0 Å². The number of nitrogens with two attached hydrogens (primary N) is 1. The third-order valence-electron chi connectivity index (χ3n) is 2.95. The van der Waals surface area contributed by atoms with Gasteiger partial charge in [0.05, 0.1) is 9.09 Å². The molecule has 0 fully saturated rings. The van der Waals surface area contributed by atoms with Gasteiger partial charge in [-0.2, -0.15) is 0 Å². The lowest BCUT2D eigenvalue weighted by atomic mass is 10.1. The molecule has 3 rings (SSSR count). The molecule has 2 aromatic heterocycles. The van der Waals surface area contributed by atoms with E-state index in [-0.39, 0.29) is 11.7 Å². The molecule has 3 N–H and O–H groups in total. The Morgan fingerprint density at radius 1 is 1.33 bits per heavy atom. The van der Waals surface area contributed by atoms with Crippen LogP contribution in [0.15, 0.2) is 39.9 Å². The highest BCUT2D eigenvalue weighted by molar-refractivity contribution is 8.00. The van der Waals surface area contributed by atoms with Crippen LogP contribution >= 0.6 is 34.4 Å². The van der Waals surface area contributed by atoms with Crippen LogP contribution in [0.4, 0.5) is 4.39 Å². The van der Waals surface area contributed by atoms with Crippen LogP contribution in [0.1, 0.15) is 15.2 Å². The lowest BCUT2D eigenvalue weighted by Crippen LogP contribution is -2.29. The van der Waals surface area contributed by atoms with Gasteiger partial charge in [0.2, 0.25) is 0 Å². The average molecular weight is 338 g/mol. The fourth-order valence-corrected chi connectivity index (χ4v) is 5.09. The van der Waals surface area contributed by atoms with Gasteiger partial charge < -0.3 is 0 Å². The van der Waals surface area contributed by atoms with E-state index in [9.17, 15) is 9.18 Å². The van der Waals surface area contributed by atoms with Gasteiger partial charge in [-0.25, -0.2) is 10.2 Å². The minimum absolute atomic E-state index is 0.304. The quantitative estimate of drug-likeness (QED) is 0.327. The Bertz CT molecular complexity index is 783. The van der Waals surface area contributed by atoms with Gasteiger partial charge in [-0.05, 0) is 29.1 Å². The van der Waals surface area contributed by atoms with E-state index in [1.54, 1.807) is 29.2 Å². The highest BCUT2D eigenvalue weighted by atomic mass is 32.2. The molecule has 0 saturated carbocycles. The number of carbonyl (C=O) groups is 1. The van der Waals surface area contributed by atoms with Crippen LogP contribution in [0.3, 0.4) is 0 Å². The summed E-state index contributed by atoms with van der Waals surface area (Å²) in [4.78, 5) is 12.4. The molecule has 0 aliphatic rings. The van der Waals surface area contributed by atoms with E-state index in [4.69, 9.17) is 5.84 Å². The molecular formula is C14H11FN2OS3. The van der Waals surface area contributed by atoms with Crippen LogP contribution in [-0.4, -0.2) is 5.91 Å². The Morgan fingerprint density at radius 2 is 2.19 bits per heavy atom. The highest BCUT2D eigenvalue weighted by Crippen LogP contribution is 2.37. The number of nitrogens with one attached hydrogen (secondary N) is 1. The number of benzene rings is 1. The van der Waals surface area contributed by atoms with E-state index in [1.165, 1.54) is 17.4 Å². The number of hydrogen-bond donors (Lipinski definition) is 2. The maximum atomic E-state index is 14.1. The van der Waals surface area contributed by atoms with E-state index in [1.807, 2.05) is 23.6 Å². The lowest BCUT2D eigenvalue weighted by molar-refractivity contribution is 0.0957. The first-order chi connectivity index (χ1) is 10.2. The molecule has 3 aromatic rings. The van der Waals surface area contributed by atoms with E-state index in [0.29, 0.717) is 21.6 Å². The summed E-state index contributed by atoms with van der Waals surface area (Å²) in [5.74, 6) is 5.08. The number of carbonyl (C=O) groups excluding carboxylic acids is 1. The third-order valence-corrected chi connectivity index (χ3v) is 6.31. The van der Waals surface area contributed by atoms with Crippen molar-refractivity contribution in [2.75, 3.05) is 0 Å². The van der Waals surface area contributed by atoms with E-state index in [0.717, 1.165) is 8.91 Å². The van der Waals surface area contributed by atoms with E-state index >= 15 is 0 Å². The number of halogens is 1. The van der Waals surface area contributed by atoms with Crippen molar-refractivity contribution in [2.24, 2.45) is 5.84 Å². The monoisotopic (exact) mass is 338 g/mol. The standard InChI is InChI=1S/C14H11FN2OS3/c15-9-3-1-4-10-12(9)8(13(21-10)14(18)17-16)7-20-11-5-2-6-19-11/h1-6H,7,16H2,(H,17,18). The summed E-state index contributed by atoms with van der Waals surface area (Å²) < 4.78 is 16.0. The number of fused-ring (bicyclic) bond motifs is 1. The Morgan fingerprint density at radius 3 is 2.90 bits per heavy atom. The van der Waals surface area contributed by atoms with Crippen molar-refractivity contribution in [3.8, 4) is 0 Å². The van der Waals surface area contributed by atoms with Crippen LogP contribution in [0.5, 0.6) is 0 Å². The zero-order chi connectivity index (χ0) is 14.8. The summed E-state index contributed by atoms with van der Waals surface area (Å²) in [5, 5.41) is 2.51. The van der Waals surface area contributed by atoms with Gasteiger partial charge in [-0.1, -0.05) is 12.1 Å². The number of nitrogen functional groups attached to an aromatic ring is 1. The van der Waals surface area contributed by atoms with Gasteiger partial charge in [-0.15, -0.1) is 34.4 Å². The fourth-order valence-electron chi connectivity index (χ4n) is 2.04. The number of hydrogen-bond acceptors (Lipinski definition) is 5. The maximum Gasteiger partial charge on any atom is 0.275 e. The third kappa shape index (κ3) is 2.82. The summed E-state index contributed by atoms with van der Waals surface area (Å²) in [6.45, 7) is 0. The average Bonchev–Trinajstić information content (AvgIpc) is 3.12. The van der Waals surface area contributed by atoms with Crippen LogP contribution in [0.2, 0.25) is 0 Å². The fraction of sp³-hybridized carbons (Fsp3) is 0.0714. The van der Waals surface area contributed by atoms with Crippen LogP contribution < -0.4 is 11.3 Å². The number of hydrazine groups is 1. The van der Waals surface area contributed by atoms with Crippen molar-refractivity contribution < 1.29 is 9.18 Å². The second kappa shape index (κ2) is 6.15. The molecule has 0 saturated heterocycles. The molecule has 108 valence electrons. The zero-order valence-corrected chi connectivity index (χ0v) is 13.2. The molecule has 0 atom stereocenters. The first-order valence-corrected chi connectivity index (χ1v) is 8.76. The number of rotatable bonds is 4. The Hall–Kier alpha value is -1.41. The molecule has 7 heteroatoms. The predicted octanol–water partition coefficient (Wildman–Crippen LogP) is 4.00. The van der Waals surface area contributed by atoms with E-state index in [2.05, 4.69) is 5.43 Å². The second-order valence-electron chi connectivity index (χ2n) is 4.22. The van der Waals surface area contributed by atoms with Crippen LogP contribution in [-0.2, 0) is 5.75 Å². The number of thiophene rings is 2. The van der Waals surface area contributed by atoms with Crippen molar-refractivity contribution in [3.63, 3.8) is 0 Å². The topological polar surface area (TPSA) is 55.1 Å². The smallest absolute Gasteiger partial charge is 0.275 e. The Labute approximate surface area is 132 Å². The highest BCUT2D eigenvalue weighted by Gasteiger charge is 2.20. The normalized spacial score (nSPS) is 11.0. The number of thioether (sulfide) groups is 1. The summed E-state index contributed by atoms with van der Waals surface area (Å²) in [6, 6.07) is 8.85. The molecule has 0 bridgehead atoms. The van der Waals surface area contributed by atoms with Crippen molar-refractivity contribution >= 4 is 50.4 Å². The molecule has 0 unspecified atom stereocenters. The predicted molar refractivity (Wildman–Crippen MR) is 87.3 cm³/mol. The van der Waals surface area contributed by atoms with Gasteiger partial charge in [0.25, 0.3) is 5.91 Å². The van der Waals surface area contributed by atoms with Crippen molar-refractivity contribution in [3.05, 3.63) is 52.0 Å². The van der Waals surface area contributed by atoms with Gasteiger partial charge in [0, 0.05) is 15.8 Å². The molecule has 3 nitrogen and oxygen atoms in total. The SMILES string of the molecule is NNC(=O)c1sc2cccc(F)c2c1CSc1cccs1. The van der Waals surface area contributed by atoms with Crippen LogP contribution in [0.25, 0.3) is 10.1 Å². The minimum atomic E-state index is -0.377. The number of amides is 1. The van der Waals surface area contributed by atoms with Gasteiger partial charge in [0.1, 0.15) is 5.82 Å². The summed E-state index contributed by atoms with van der Waals surface area (Å²) >= 11 is 4.48. The first-order valence-electron chi connectivity index (χ1n) is 6.08. The minimum Gasteiger partial charge on any atom is -0.289 e. The van der Waals surface area contributed by atoms with Crippen molar-refractivity contribution in [1.82, 2.24) is 5.43 Å². The molecular weight excluding hydrogens is 327 g/mol. The lowest BCUT2D eigenvalue weighted by Gasteiger charge is -2.03. The maximum absolute atomic E-state index is 14.1. The van der Waals surface area contributed by atoms with Gasteiger partial charge >= 0.3 is 0 Å². The van der Waals surface area contributed by atoms with Gasteiger partial charge in [-0.3, -0.25) is 10.2 Å². The second-order valence-corrected chi connectivity index (χ2v) is 7.49. The summed E-state index contributed by atoms with van der Waals surface area (Å²) in [7, 11) is 0. The summed E-state index contributed by atoms with van der Waals surface area (Å²) in [6.07, 6.45) is 0. The van der Waals surface area contributed by atoms with Gasteiger partial charge in [0.15, 0.2) is 0 Å². The summed E-state index contributed by atoms with van der Waals surface area (Å²) in [5.41, 5.74) is 2.84. The first kappa shape index (κ1) is 14.5. The Kier molecular flexibility index (Phi) is 4.25. The molecule has 0 spiro atoms. The van der Waals surface area contributed by atoms with Crippen LogP contribution in [0, 0.1) is 5.82 Å². The Balaban J connectivity index is 2.06. The molecule has 0 aliphatic heterocycles. The molecule has 0 radical (unpaired) electrons. The molecule has 0 aliphatic carbocycles. The van der Waals surface area contributed by atoms with Crippen molar-refractivity contribution in [2.45, 2.75) is 9.96 Å². The zero-order valence-electron chi connectivity index (χ0n) is 10.8. The largest absolute Gasteiger partial charge is 0.289 e.